The lowest BCUT2D eigenvalue weighted by molar-refractivity contribution is -0.136. The highest BCUT2D eigenvalue weighted by Crippen LogP contribution is 2.35. The van der Waals surface area contributed by atoms with Gasteiger partial charge in [0.2, 0.25) is 11.8 Å². The Bertz CT molecular complexity index is 1240. The van der Waals surface area contributed by atoms with Crippen molar-refractivity contribution >= 4 is 17.7 Å². The summed E-state index contributed by atoms with van der Waals surface area (Å²) >= 11 is 0. The fraction of sp³-hybridized carbons (Fsp3) is 0.400. The highest BCUT2D eigenvalue weighted by molar-refractivity contribution is 6.05. The number of rotatable bonds is 6. The van der Waals surface area contributed by atoms with Gasteiger partial charge in [0.05, 0.1) is 26.7 Å². The van der Waals surface area contributed by atoms with Crippen LogP contribution in [0.2, 0.25) is 0 Å². The number of imide groups is 1. The first kappa shape index (κ1) is 22.1. The molecule has 1 atom stereocenters. The molecule has 1 N–H and O–H groups in total. The zero-order chi connectivity index (χ0) is 25.4. The number of nitrogens with zero attached hydrogens (tertiary/aromatic N) is 2. The Labute approximate surface area is 202 Å². The Morgan fingerprint density at radius 3 is 2.69 bits per heavy atom. The van der Waals surface area contributed by atoms with Crippen molar-refractivity contribution in [3.63, 3.8) is 0 Å². The van der Waals surface area contributed by atoms with Crippen molar-refractivity contribution in [2.45, 2.75) is 38.6 Å². The molecule has 8 nitrogen and oxygen atoms in total. The summed E-state index contributed by atoms with van der Waals surface area (Å²) in [6.45, 7) is 3.09. The molecule has 35 heavy (non-hydrogen) atoms. The monoisotopic (exact) mass is 486 g/mol. The van der Waals surface area contributed by atoms with Crippen LogP contribution in [0.3, 0.4) is 0 Å². The molecule has 0 aromatic heterocycles. The zero-order valence-corrected chi connectivity index (χ0v) is 18.9. The molecular formula is C25H25F2N3O5. The summed E-state index contributed by atoms with van der Waals surface area (Å²) in [6.07, 6.45) is -0.258. The quantitative estimate of drug-likeness (QED) is 0.630. The number of morpholine rings is 1. The van der Waals surface area contributed by atoms with E-state index >= 15 is 0 Å². The molecule has 2 aromatic carbocycles. The first-order valence-corrected chi connectivity index (χ1v) is 11.4. The molecule has 2 aromatic rings. The largest absolute Gasteiger partial charge is 0.488 e. The van der Waals surface area contributed by atoms with Gasteiger partial charge in [0.1, 0.15) is 30.0 Å². The fourth-order valence-electron chi connectivity index (χ4n) is 4.53. The van der Waals surface area contributed by atoms with Crippen LogP contribution in [0, 0.1) is 11.6 Å². The van der Waals surface area contributed by atoms with Crippen molar-refractivity contribution in [3.8, 4) is 5.75 Å². The van der Waals surface area contributed by atoms with E-state index in [0.29, 0.717) is 25.3 Å². The first-order valence-electron chi connectivity index (χ1n) is 11.9. The lowest BCUT2D eigenvalue weighted by Gasteiger charge is -2.29. The van der Waals surface area contributed by atoms with Gasteiger partial charge in [-0.05, 0) is 24.1 Å². The molecule has 184 valence electrons. The Morgan fingerprint density at radius 1 is 1.14 bits per heavy atom. The first-order chi connectivity index (χ1) is 17.2. The van der Waals surface area contributed by atoms with Crippen LogP contribution in [0.1, 0.15) is 41.3 Å². The van der Waals surface area contributed by atoms with Gasteiger partial charge in [-0.3, -0.25) is 24.6 Å². The van der Waals surface area contributed by atoms with Crippen LogP contribution in [0.15, 0.2) is 30.3 Å². The number of ether oxygens (including phenoxy) is 2. The molecule has 3 aliphatic heterocycles. The highest BCUT2D eigenvalue weighted by atomic mass is 19.1. The molecule has 2 fully saturated rings. The van der Waals surface area contributed by atoms with Gasteiger partial charge in [-0.1, -0.05) is 12.1 Å². The number of benzene rings is 2. The van der Waals surface area contributed by atoms with Crippen LogP contribution in [0.5, 0.6) is 5.75 Å². The van der Waals surface area contributed by atoms with E-state index < -0.39 is 35.4 Å². The van der Waals surface area contributed by atoms with E-state index in [2.05, 4.69) is 10.2 Å². The lowest BCUT2D eigenvalue weighted by Crippen LogP contribution is -2.52. The van der Waals surface area contributed by atoms with Crippen LogP contribution < -0.4 is 10.1 Å². The normalized spacial score (nSPS) is 23.2. The molecule has 3 aliphatic rings. The van der Waals surface area contributed by atoms with Gasteiger partial charge in [0, 0.05) is 43.2 Å². The minimum absolute atomic E-state index is 0.0253. The van der Waals surface area contributed by atoms with Gasteiger partial charge in [-0.15, -0.1) is 0 Å². The third kappa shape index (κ3) is 4.89. The third-order valence-corrected chi connectivity index (χ3v) is 6.41. The molecule has 2 saturated heterocycles. The van der Waals surface area contributed by atoms with Gasteiger partial charge in [0.15, 0.2) is 0 Å². The summed E-state index contributed by atoms with van der Waals surface area (Å²) in [6, 6.07) is 5.00. The van der Waals surface area contributed by atoms with Crippen LogP contribution in [-0.4, -0.2) is 59.8 Å². The summed E-state index contributed by atoms with van der Waals surface area (Å²) in [5.41, 5.74) is 1.36. The third-order valence-electron chi connectivity index (χ3n) is 6.41. The van der Waals surface area contributed by atoms with E-state index in [1.807, 2.05) is 6.07 Å². The van der Waals surface area contributed by atoms with Crippen LogP contribution >= 0.6 is 0 Å². The molecule has 3 heterocycles. The van der Waals surface area contributed by atoms with Crippen molar-refractivity contribution < 1.29 is 34.0 Å². The van der Waals surface area contributed by atoms with Gasteiger partial charge >= 0.3 is 0 Å². The van der Waals surface area contributed by atoms with Gasteiger partial charge in [-0.25, -0.2) is 8.78 Å². The van der Waals surface area contributed by atoms with Crippen LogP contribution in [0.25, 0.3) is 0 Å². The number of amides is 3. The Kier molecular flexibility index (Phi) is 6.13. The lowest BCUT2D eigenvalue weighted by atomic mass is 10.0. The molecule has 10 heteroatoms. The van der Waals surface area contributed by atoms with Crippen molar-refractivity contribution in [1.29, 1.82) is 0 Å². The Morgan fingerprint density at radius 2 is 1.94 bits per heavy atom. The molecular weight excluding hydrogens is 460 g/mol. The standard InChI is InChI=1S/C25H25F2N3O5/c26-17-10-18-19(13-30(25(18)33)21-3-4-23(31)28-24(21)32)22(11-17)35-14-16-2-1-15(9-20(16)27)12-29-5-7-34-8-6-29/h1-2,9-11,21H,3-8,12-14H2,(H,28,31,32)/t21-/m1/s1/i21D. The second-order valence-corrected chi connectivity index (χ2v) is 8.75. The maximum absolute atomic E-state index is 14.8. The molecule has 0 spiro atoms. The minimum atomic E-state index is -2.00. The van der Waals surface area contributed by atoms with E-state index in [1.54, 1.807) is 6.07 Å². The zero-order valence-electron chi connectivity index (χ0n) is 19.9. The fourth-order valence-corrected chi connectivity index (χ4v) is 4.53. The van der Waals surface area contributed by atoms with Crippen molar-refractivity contribution in [1.82, 2.24) is 15.1 Å². The maximum atomic E-state index is 14.8. The minimum Gasteiger partial charge on any atom is -0.488 e. The number of carbonyl (C=O) groups excluding carboxylic acids is 3. The Balaban J connectivity index is 1.32. The van der Waals surface area contributed by atoms with Gasteiger partial charge in [0.25, 0.3) is 5.91 Å². The van der Waals surface area contributed by atoms with Gasteiger partial charge in [-0.2, -0.15) is 0 Å². The summed E-state index contributed by atoms with van der Waals surface area (Å²) < 4.78 is 48.8. The molecule has 0 aliphatic carbocycles. The SMILES string of the molecule is [2H][C@@]1(N2Cc3c(OCc4ccc(CN5CCOCC5)cc4F)cc(F)cc3C2=O)CCC(=O)NC1=O. The van der Waals surface area contributed by atoms with E-state index in [9.17, 15) is 23.2 Å². The van der Waals surface area contributed by atoms with E-state index in [1.165, 1.54) is 6.07 Å². The van der Waals surface area contributed by atoms with E-state index in [0.717, 1.165) is 35.7 Å². The number of nitrogens with one attached hydrogen (secondary N) is 1. The second kappa shape index (κ2) is 9.71. The van der Waals surface area contributed by atoms with Crippen molar-refractivity contribution in [2.24, 2.45) is 0 Å². The van der Waals surface area contributed by atoms with Crippen LogP contribution in [-0.2, 0) is 34.0 Å². The molecule has 0 radical (unpaired) electrons. The van der Waals surface area contributed by atoms with Crippen molar-refractivity contribution in [3.05, 3.63) is 64.2 Å². The second-order valence-electron chi connectivity index (χ2n) is 8.75. The summed E-state index contributed by atoms with van der Waals surface area (Å²) in [5, 5.41) is 2.09. The number of fused-ring (bicyclic) bond motifs is 1. The average molecular weight is 486 g/mol. The summed E-state index contributed by atoms with van der Waals surface area (Å²) in [4.78, 5) is 40.1. The number of piperidine rings is 1. The highest BCUT2D eigenvalue weighted by Gasteiger charge is 2.40. The molecule has 5 rings (SSSR count). The smallest absolute Gasteiger partial charge is 0.255 e. The number of halogens is 2. The Hall–Kier alpha value is -3.37. The molecule has 0 bridgehead atoms. The summed E-state index contributed by atoms with van der Waals surface area (Å²) in [7, 11) is 0. The maximum Gasteiger partial charge on any atom is 0.255 e. The topological polar surface area (TPSA) is 88.2 Å². The predicted molar refractivity (Wildman–Crippen MR) is 119 cm³/mol. The average Bonchev–Trinajstić information content (AvgIpc) is 3.18. The van der Waals surface area contributed by atoms with Crippen LogP contribution in [0.4, 0.5) is 8.78 Å². The predicted octanol–water partition coefficient (Wildman–Crippen LogP) is 2.14. The number of carbonyl (C=O) groups is 3. The summed E-state index contributed by atoms with van der Waals surface area (Å²) in [5.74, 6) is -3.27. The van der Waals surface area contributed by atoms with E-state index in [-0.39, 0.29) is 42.9 Å². The van der Waals surface area contributed by atoms with E-state index in [4.69, 9.17) is 10.8 Å². The molecule has 0 unspecified atom stereocenters. The molecule has 0 saturated carbocycles. The number of hydrogen-bond donors (Lipinski definition) is 1. The van der Waals surface area contributed by atoms with Gasteiger partial charge < -0.3 is 14.4 Å². The van der Waals surface area contributed by atoms with Crippen molar-refractivity contribution in [2.75, 3.05) is 26.3 Å². The molecule has 3 amide bonds. The number of hydrogen-bond acceptors (Lipinski definition) is 6.